The number of nitrogens with two attached hydrogens (primary N) is 1. The second kappa shape index (κ2) is 7.85. The maximum Gasteiger partial charge on any atom is 0.161 e. The van der Waals surface area contributed by atoms with E-state index in [0.29, 0.717) is 0 Å². The molecule has 1 aromatic carbocycles. The van der Waals surface area contributed by atoms with Crippen molar-refractivity contribution in [3.8, 4) is 17.6 Å². The molecule has 0 fully saturated rings. The molecule has 0 unspecified atom stereocenters. The highest BCUT2D eigenvalue weighted by Gasteiger charge is 2.44. The average Bonchev–Trinajstić information content (AvgIpc) is 3.07. The number of hydrogen-bond donors (Lipinski definition) is 1. The number of nitriles is 1. The van der Waals surface area contributed by atoms with Crippen LogP contribution < -0.4 is 14.8 Å². The lowest BCUT2D eigenvalue weighted by molar-refractivity contribution is -0.789. The zero-order valence-electron chi connectivity index (χ0n) is 19.2. The topological polar surface area (TPSA) is 74.5 Å². The van der Waals surface area contributed by atoms with Crippen LogP contribution >= 0.6 is 11.3 Å². The number of ether oxygens (including phenoxy) is 2. The number of fused-ring (bicyclic) bond motifs is 2. The Balaban J connectivity index is 1.61. The van der Waals surface area contributed by atoms with E-state index in [2.05, 4.69) is 56.1 Å². The third-order valence-electron chi connectivity index (χ3n) is 6.16. The van der Waals surface area contributed by atoms with Crippen molar-refractivity contribution in [3.63, 3.8) is 0 Å². The third-order valence-corrected chi connectivity index (χ3v) is 7.63. The van der Waals surface area contributed by atoms with Gasteiger partial charge in [-0.25, -0.2) is 4.99 Å². The smallest absolute Gasteiger partial charge is 0.161 e. The SMILES string of the molecule is COc1cc2c(cc1OC)CN(C=Nc1sc3c(c1C#N)CC(C)(C)[NH2+]C3(C)C)CC2. The van der Waals surface area contributed by atoms with Crippen molar-refractivity contribution in [1.82, 2.24) is 4.90 Å². The summed E-state index contributed by atoms with van der Waals surface area (Å²) < 4.78 is 10.9. The molecule has 0 saturated heterocycles. The number of hydrogen-bond acceptors (Lipinski definition) is 5. The molecule has 3 heterocycles. The van der Waals surface area contributed by atoms with Crippen molar-refractivity contribution in [2.75, 3.05) is 20.8 Å². The molecule has 2 aliphatic heterocycles. The Morgan fingerprint density at radius 1 is 1.16 bits per heavy atom. The van der Waals surface area contributed by atoms with Gasteiger partial charge in [-0.1, -0.05) is 0 Å². The summed E-state index contributed by atoms with van der Waals surface area (Å²) in [5.41, 5.74) is 4.44. The molecule has 6 nitrogen and oxygen atoms in total. The van der Waals surface area contributed by atoms with Gasteiger partial charge >= 0.3 is 0 Å². The minimum atomic E-state index is -0.0548. The van der Waals surface area contributed by atoms with Gasteiger partial charge in [0.25, 0.3) is 0 Å². The molecule has 0 atom stereocenters. The molecule has 2 aromatic rings. The summed E-state index contributed by atoms with van der Waals surface area (Å²) in [5, 5.41) is 13.1. The Bertz CT molecular complexity index is 1080. The number of benzene rings is 1. The average molecular weight is 440 g/mol. The van der Waals surface area contributed by atoms with Crippen LogP contribution in [0.25, 0.3) is 0 Å². The van der Waals surface area contributed by atoms with E-state index in [1.54, 1.807) is 25.6 Å². The van der Waals surface area contributed by atoms with E-state index in [9.17, 15) is 5.26 Å². The minimum Gasteiger partial charge on any atom is -0.493 e. The first kappa shape index (κ1) is 21.7. The largest absolute Gasteiger partial charge is 0.493 e. The van der Waals surface area contributed by atoms with Crippen molar-refractivity contribution in [1.29, 1.82) is 5.26 Å². The third kappa shape index (κ3) is 4.02. The zero-order chi connectivity index (χ0) is 22.4. The number of aliphatic imine (C=N–C) groups is 1. The van der Waals surface area contributed by atoms with E-state index < -0.39 is 0 Å². The minimum absolute atomic E-state index is 0.0548. The van der Waals surface area contributed by atoms with Crippen LogP contribution in [0.15, 0.2) is 17.1 Å². The summed E-state index contributed by atoms with van der Waals surface area (Å²) >= 11 is 1.66. The highest BCUT2D eigenvalue weighted by molar-refractivity contribution is 7.16. The Hall–Kier alpha value is -2.56. The van der Waals surface area contributed by atoms with Crippen LogP contribution in [0, 0.1) is 11.3 Å². The first-order valence-electron chi connectivity index (χ1n) is 10.6. The zero-order valence-corrected chi connectivity index (χ0v) is 20.0. The van der Waals surface area contributed by atoms with Gasteiger partial charge in [-0.15, -0.1) is 11.3 Å². The summed E-state index contributed by atoms with van der Waals surface area (Å²) in [7, 11) is 3.33. The highest BCUT2D eigenvalue weighted by Crippen LogP contribution is 2.43. The molecule has 164 valence electrons. The molecule has 31 heavy (non-hydrogen) atoms. The van der Waals surface area contributed by atoms with Gasteiger partial charge in [-0.2, -0.15) is 5.26 Å². The Morgan fingerprint density at radius 3 is 2.48 bits per heavy atom. The molecule has 2 aliphatic rings. The van der Waals surface area contributed by atoms with E-state index in [0.717, 1.165) is 48.0 Å². The standard InChI is InChI=1S/C24H30N4O2S/c1-23(2)11-17-18(12-25)22(31-21(17)24(3,4)27-23)26-14-28-8-7-15-9-19(29-5)20(30-6)10-16(15)13-28/h9-10,14,27H,7-8,11,13H2,1-6H3/p+1. The van der Waals surface area contributed by atoms with Crippen molar-refractivity contribution in [2.24, 2.45) is 4.99 Å². The van der Waals surface area contributed by atoms with Crippen LogP contribution in [0.3, 0.4) is 0 Å². The maximum absolute atomic E-state index is 9.91. The normalized spacial score (nSPS) is 18.9. The summed E-state index contributed by atoms with van der Waals surface area (Å²) in [6.07, 6.45) is 3.71. The monoisotopic (exact) mass is 439 g/mol. The Labute approximate surface area is 188 Å². The molecule has 0 aliphatic carbocycles. The summed E-state index contributed by atoms with van der Waals surface area (Å²) in [6, 6.07) is 6.57. The van der Waals surface area contributed by atoms with Crippen LogP contribution in [-0.2, 0) is 24.9 Å². The molecule has 0 amide bonds. The fraction of sp³-hybridized carbons (Fsp3) is 0.500. The Morgan fingerprint density at radius 2 is 1.84 bits per heavy atom. The summed E-state index contributed by atoms with van der Waals surface area (Å²) in [4.78, 5) is 8.27. The van der Waals surface area contributed by atoms with Gasteiger partial charge in [-0.05, 0) is 62.9 Å². The molecule has 7 heteroatoms. The molecule has 0 spiro atoms. The number of rotatable bonds is 4. The van der Waals surface area contributed by atoms with Gasteiger partial charge in [0.1, 0.15) is 16.6 Å². The van der Waals surface area contributed by atoms with Crippen molar-refractivity contribution < 1.29 is 14.8 Å². The van der Waals surface area contributed by atoms with Crippen LogP contribution in [0.2, 0.25) is 0 Å². The fourth-order valence-corrected chi connectivity index (χ4v) is 6.22. The number of nitrogens with zero attached hydrogens (tertiary/aromatic N) is 3. The van der Waals surface area contributed by atoms with Gasteiger partial charge in [0.05, 0.1) is 36.5 Å². The lowest BCUT2D eigenvalue weighted by atomic mass is 9.81. The predicted molar refractivity (Wildman–Crippen MR) is 124 cm³/mol. The quantitative estimate of drug-likeness (QED) is 0.585. The van der Waals surface area contributed by atoms with Crippen LogP contribution in [-0.4, -0.2) is 37.5 Å². The molecule has 4 rings (SSSR count). The second-order valence-corrected chi connectivity index (χ2v) is 10.7. The molecular formula is C24H31N4O2S+. The lowest BCUT2D eigenvalue weighted by Gasteiger charge is -2.38. The molecule has 0 bridgehead atoms. The molecule has 0 saturated carbocycles. The molecule has 0 radical (unpaired) electrons. The van der Waals surface area contributed by atoms with E-state index >= 15 is 0 Å². The Kier molecular flexibility index (Phi) is 5.48. The van der Waals surface area contributed by atoms with Crippen LogP contribution in [0.4, 0.5) is 5.00 Å². The first-order chi connectivity index (χ1) is 14.7. The molecule has 1 aromatic heterocycles. The fourth-order valence-electron chi connectivity index (χ4n) is 5.03. The van der Waals surface area contributed by atoms with Crippen molar-refractivity contribution in [2.45, 2.75) is 58.2 Å². The van der Waals surface area contributed by atoms with Gasteiger partial charge in [0.15, 0.2) is 11.5 Å². The molecule has 2 N–H and O–H groups in total. The van der Waals surface area contributed by atoms with Gasteiger partial charge in [-0.3, -0.25) is 0 Å². The number of methoxy groups -OCH3 is 2. The van der Waals surface area contributed by atoms with Gasteiger partial charge in [0.2, 0.25) is 0 Å². The lowest BCUT2D eigenvalue weighted by Crippen LogP contribution is -3.03. The van der Waals surface area contributed by atoms with Gasteiger partial charge < -0.3 is 19.7 Å². The summed E-state index contributed by atoms with van der Waals surface area (Å²) in [5.74, 6) is 1.52. The second-order valence-electron chi connectivity index (χ2n) is 9.67. The van der Waals surface area contributed by atoms with Crippen molar-refractivity contribution >= 4 is 22.7 Å². The maximum atomic E-state index is 9.91. The van der Waals surface area contributed by atoms with E-state index in [1.165, 1.54) is 21.6 Å². The van der Waals surface area contributed by atoms with E-state index in [4.69, 9.17) is 14.5 Å². The summed E-state index contributed by atoms with van der Waals surface area (Å²) in [6.45, 7) is 10.6. The van der Waals surface area contributed by atoms with Crippen molar-refractivity contribution in [3.05, 3.63) is 39.3 Å². The number of thiophene rings is 1. The first-order valence-corrected chi connectivity index (χ1v) is 11.4. The predicted octanol–water partition coefficient (Wildman–Crippen LogP) is 3.49. The van der Waals surface area contributed by atoms with Crippen LogP contribution in [0.5, 0.6) is 11.5 Å². The van der Waals surface area contributed by atoms with E-state index in [-0.39, 0.29) is 11.1 Å². The van der Waals surface area contributed by atoms with E-state index in [1.807, 2.05) is 6.34 Å². The molecular weight excluding hydrogens is 408 g/mol. The van der Waals surface area contributed by atoms with Crippen LogP contribution in [0.1, 0.15) is 54.8 Å². The van der Waals surface area contributed by atoms with Gasteiger partial charge in [0, 0.05) is 19.5 Å². The number of quaternary nitrogens is 1. The highest BCUT2D eigenvalue weighted by atomic mass is 32.1.